The third-order valence-electron chi connectivity index (χ3n) is 3.79. The first kappa shape index (κ1) is 17.8. The van der Waals surface area contributed by atoms with Gasteiger partial charge < -0.3 is 5.73 Å². The highest BCUT2D eigenvalue weighted by molar-refractivity contribution is 7.86. The van der Waals surface area contributed by atoms with Gasteiger partial charge in [-0.2, -0.15) is 17.0 Å². The number of piperazine rings is 1. The largest absolute Gasteiger partial charge is 0.392 e. The van der Waals surface area contributed by atoms with E-state index in [0.717, 1.165) is 6.42 Å². The van der Waals surface area contributed by atoms with Gasteiger partial charge in [-0.15, -0.1) is 0 Å². The quantitative estimate of drug-likeness (QED) is 0.681. The summed E-state index contributed by atoms with van der Waals surface area (Å²) in [6, 6.07) is 0.0725. The lowest BCUT2D eigenvalue weighted by molar-refractivity contribution is 0.160. The fourth-order valence-electron chi connectivity index (χ4n) is 2.60. The van der Waals surface area contributed by atoms with Crippen LogP contribution in [0.1, 0.15) is 27.2 Å². The van der Waals surface area contributed by atoms with Crippen LogP contribution < -0.4 is 5.73 Å². The van der Waals surface area contributed by atoms with Crippen molar-refractivity contribution < 1.29 is 8.42 Å². The van der Waals surface area contributed by atoms with Crippen LogP contribution in [0.4, 0.5) is 0 Å². The minimum Gasteiger partial charge on any atom is -0.392 e. The van der Waals surface area contributed by atoms with E-state index in [2.05, 4.69) is 4.90 Å². The van der Waals surface area contributed by atoms with E-state index in [4.69, 9.17) is 18.0 Å². The molecule has 1 saturated heterocycles. The van der Waals surface area contributed by atoms with Gasteiger partial charge in [0.2, 0.25) is 0 Å². The minimum atomic E-state index is -3.32. The molecule has 0 aliphatic carbocycles. The van der Waals surface area contributed by atoms with Crippen LogP contribution >= 0.6 is 12.2 Å². The molecule has 8 heteroatoms. The van der Waals surface area contributed by atoms with Crippen molar-refractivity contribution >= 4 is 27.4 Å². The lowest BCUT2D eigenvalue weighted by Crippen LogP contribution is -2.56. The molecule has 1 rings (SSSR count). The van der Waals surface area contributed by atoms with Gasteiger partial charge in [-0.1, -0.05) is 33.0 Å². The molecule has 1 fully saturated rings. The van der Waals surface area contributed by atoms with Crippen LogP contribution in [0.15, 0.2) is 0 Å². The Bertz CT molecular complexity index is 415. The van der Waals surface area contributed by atoms with Gasteiger partial charge in [-0.05, 0) is 6.42 Å². The van der Waals surface area contributed by atoms with Crippen molar-refractivity contribution in [1.82, 2.24) is 13.5 Å². The molecule has 0 amide bonds. The monoisotopic (exact) mass is 322 g/mol. The van der Waals surface area contributed by atoms with E-state index >= 15 is 0 Å². The van der Waals surface area contributed by atoms with Gasteiger partial charge in [-0.25, -0.2) is 0 Å². The van der Waals surface area contributed by atoms with Gasteiger partial charge in [0.15, 0.2) is 0 Å². The number of nitrogens with two attached hydrogens (primary N) is 1. The van der Waals surface area contributed by atoms with Gasteiger partial charge in [-0.3, -0.25) is 4.90 Å². The Hall–Kier alpha value is -0.280. The molecule has 6 nitrogen and oxygen atoms in total. The topological polar surface area (TPSA) is 69.9 Å². The fourth-order valence-corrected chi connectivity index (χ4v) is 4.52. The predicted molar refractivity (Wildman–Crippen MR) is 85.9 cm³/mol. The summed E-state index contributed by atoms with van der Waals surface area (Å²) < 4.78 is 27.9. The average molecular weight is 323 g/mol. The van der Waals surface area contributed by atoms with Gasteiger partial charge >= 0.3 is 0 Å². The maximum atomic E-state index is 12.4. The van der Waals surface area contributed by atoms with Crippen molar-refractivity contribution in [2.24, 2.45) is 5.73 Å². The molecule has 0 saturated carbocycles. The zero-order valence-electron chi connectivity index (χ0n) is 12.6. The Balaban J connectivity index is 2.68. The molecule has 1 unspecified atom stereocenters. The highest BCUT2D eigenvalue weighted by Crippen LogP contribution is 2.15. The van der Waals surface area contributed by atoms with E-state index in [1.807, 2.05) is 20.8 Å². The van der Waals surface area contributed by atoms with E-state index in [1.165, 1.54) is 4.31 Å². The molecule has 0 aromatic heterocycles. The van der Waals surface area contributed by atoms with Gasteiger partial charge in [0.05, 0.1) is 11.0 Å². The second kappa shape index (κ2) is 7.65. The van der Waals surface area contributed by atoms with E-state index < -0.39 is 10.2 Å². The number of nitrogens with zero attached hydrogens (tertiary/aromatic N) is 3. The highest BCUT2D eigenvalue weighted by atomic mass is 32.2. The summed E-state index contributed by atoms with van der Waals surface area (Å²) >= 11 is 5.07. The molecule has 0 aromatic carbocycles. The molecule has 0 radical (unpaired) electrons. The summed E-state index contributed by atoms with van der Waals surface area (Å²) in [6.45, 7) is 9.12. The van der Waals surface area contributed by atoms with E-state index in [1.54, 1.807) is 4.31 Å². The summed E-state index contributed by atoms with van der Waals surface area (Å²) in [7, 11) is -3.32. The normalized spacial score (nSPS) is 20.2. The maximum absolute atomic E-state index is 12.4. The number of thiocarbonyl (C=S) groups is 1. The average Bonchev–Trinajstić information content (AvgIpc) is 2.40. The van der Waals surface area contributed by atoms with E-state index in [0.29, 0.717) is 44.3 Å². The summed E-state index contributed by atoms with van der Waals surface area (Å²) in [5.74, 6) is 0. The lowest BCUT2D eigenvalue weighted by atomic mass is 10.1. The number of hydrogen-bond acceptors (Lipinski definition) is 4. The molecule has 118 valence electrons. The molecule has 2 N–H and O–H groups in total. The Morgan fingerprint density at radius 3 is 2.05 bits per heavy atom. The second-order valence-corrected chi connectivity index (χ2v) is 7.25. The molecular formula is C12H26N4O2S2. The zero-order chi connectivity index (χ0) is 15.3. The number of hydrogen-bond donors (Lipinski definition) is 1. The first-order chi connectivity index (χ1) is 9.38. The van der Waals surface area contributed by atoms with Crippen molar-refractivity contribution in [3.8, 4) is 0 Å². The van der Waals surface area contributed by atoms with Crippen LogP contribution in [0.3, 0.4) is 0 Å². The van der Waals surface area contributed by atoms with Gasteiger partial charge in [0, 0.05) is 39.3 Å². The van der Waals surface area contributed by atoms with Crippen LogP contribution in [0.25, 0.3) is 0 Å². The molecule has 20 heavy (non-hydrogen) atoms. The fraction of sp³-hybridized carbons (Fsp3) is 0.917. The van der Waals surface area contributed by atoms with Crippen LogP contribution in [-0.2, 0) is 10.2 Å². The Labute approximate surface area is 128 Å². The summed E-state index contributed by atoms with van der Waals surface area (Å²) in [4.78, 5) is 2.67. The Kier molecular flexibility index (Phi) is 6.80. The van der Waals surface area contributed by atoms with Crippen LogP contribution in [-0.4, -0.2) is 72.2 Å². The number of rotatable bonds is 7. The summed E-state index contributed by atoms with van der Waals surface area (Å²) in [5.41, 5.74) is 5.74. The van der Waals surface area contributed by atoms with Crippen molar-refractivity contribution in [2.75, 3.05) is 39.3 Å². The Morgan fingerprint density at radius 2 is 1.70 bits per heavy atom. The molecule has 0 bridgehead atoms. The third-order valence-corrected chi connectivity index (χ3v) is 6.25. The molecule has 1 aliphatic rings. The predicted octanol–water partition coefficient (Wildman–Crippen LogP) is 0.255. The first-order valence-corrected chi connectivity index (χ1v) is 8.97. The van der Waals surface area contributed by atoms with Crippen molar-refractivity contribution in [3.05, 3.63) is 0 Å². The third kappa shape index (κ3) is 3.88. The maximum Gasteiger partial charge on any atom is 0.282 e. The molecule has 0 aromatic rings. The summed E-state index contributed by atoms with van der Waals surface area (Å²) in [6.07, 6.45) is 0.859. The van der Waals surface area contributed by atoms with Crippen LogP contribution in [0.5, 0.6) is 0 Å². The van der Waals surface area contributed by atoms with Crippen molar-refractivity contribution in [3.63, 3.8) is 0 Å². The standard InChI is InChI=1S/C12H26N4O2S2/c1-4-11(12(13)19)14-7-9-16(10-8-14)20(17,18)15(5-2)6-3/h11H,4-10H2,1-3H3,(H2,13,19). The first-order valence-electron chi connectivity index (χ1n) is 7.17. The highest BCUT2D eigenvalue weighted by Gasteiger charge is 2.32. The van der Waals surface area contributed by atoms with Crippen molar-refractivity contribution in [2.45, 2.75) is 33.2 Å². The van der Waals surface area contributed by atoms with Crippen molar-refractivity contribution in [1.29, 1.82) is 0 Å². The van der Waals surface area contributed by atoms with E-state index in [9.17, 15) is 8.42 Å². The lowest BCUT2D eigenvalue weighted by Gasteiger charge is -2.39. The molecule has 1 aliphatic heterocycles. The van der Waals surface area contributed by atoms with Gasteiger partial charge in [0.1, 0.15) is 0 Å². The van der Waals surface area contributed by atoms with Crippen LogP contribution in [0, 0.1) is 0 Å². The SMILES string of the molecule is CCC(C(N)=S)N1CCN(S(=O)(=O)N(CC)CC)CC1. The smallest absolute Gasteiger partial charge is 0.282 e. The molecule has 1 atom stereocenters. The minimum absolute atomic E-state index is 0.0725. The Morgan fingerprint density at radius 1 is 1.20 bits per heavy atom. The zero-order valence-corrected chi connectivity index (χ0v) is 14.2. The second-order valence-electron chi connectivity index (χ2n) is 4.85. The molecule has 0 spiro atoms. The molecular weight excluding hydrogens is 296 g/mol. The van der Waals surface area contributed by atoms with E-state index in [-0.39, 0.29) is 6.04 Å². The molecule has 1 heterocycles. The summed E-state index contributed by atoms with van der Waals surface area (Å²) in [5, 5.41) is 0. The van der Waals surface area contributed by atoms with Crippen LogP contribution in [0.2, 0.25) is 0 Å². The van der Waals surface area contributed by atoms with Gasteiger partial charge in [0.25, 0.3) is 10.2 Å².